The van der Waals surface area contributed by atoms with Crippen molar-refractivity contribution in [1.82, 2.24) is 4.57 Å². The van der Waals surface area contributed by atoms with Gasteiger partial charge in [0.1, 0.15) is 6.04 Å². The summed E-state index contributed by atoms with van der Waals surface area (Å²) >= 11 is 0. The molecule has 200 valence electrons. The molecule has 0 saturated carbocycles. The van der Waals surface area contributed by atoms with Crippen LogP contribution in [0.4, 0.5) is 0 Å². The fraction of sp³-hybridized carbons (Fsp3) is 0.125. The Balaban J connectivity index is 1.16. The molecule has 4 aliphatic carbocycles. The average Bonchev–Trinajstić information content (AvgIpc) is 3.37. The lowest BCUT2D eigenvalue weighted by atomic mass is 9.64. The van der Waals surface area contributed by atoms with Crippen molar-refractivity contribution in [1.29, 1.82) is 0 Å². The number of allylic oxidation sites excluding steroid dienone is 12. The molecule has 0 bridgehead atoms. The predicted octanol–water partition coefficient (Wildman–Crippen LogP) is 9.58. The van der Waals surface area contributed by atoms with Gasteiger partial charge in [-0.1, -0.05) is 85.0 Å². The third-order valence-electron chi connectivity index (χ3n) is 9.98. The van der Waals surface area contributed by atoms with Gasteiger partial charge in [0.25, 0.3) is 0 Å². The van der Waals surface area contributed by atoms with Gasteiger partial charge in [-0.15, -0.1) is 0 Å². The van der Waals surface area contributed by atoms with Crippen LogP contribution in [0, 0.1) is 5.92 Å². The molecule has 1 aromatic heterocycles. The number of aromatic nitrogens is 1. The molecule has 2 atom stereocenters. The van der Waals surface area contributed by atoms with Crippen molar-refractivity contribution >= 4 is 33.1 Å². The molecule has 9 rings (SSSR count). The maximum absolute atomic E-state index is 5.19. The second-order valence-corrected chi connectivity index (χ2v) is 12.0. The van der Waals surface area contributed by atoms with E-state index in [4.69, 9.17) is 4.99 Å². The van der Waals surface area contributed by atoms with E-state index in [1.54, 1.807) is 0 Å². The Morgan fingerprint density at radius 3 is 2.12 bits per heavy atom. The van der Waals surface area contributed by atoms with Gasteiger partial charge in [-0.2, -0.15) is 0 Å². The summed E-state index contributed by atoms with van der Waals surface area (Å²) in [7, 11) is 0. The first-order valence-electron chi connectivity index (χ1n) is 14.9. The molecule has 0 N–H and O–H groups in total. The Hall–Kier alpha value is -4.95. The zero-order valence-corrected chi connectivity index (χ0v) is 24.0. The van der Waals surface area contributed by atoms with E-state index in [1.165, 1.54) is 83.2 Å². The highest BCUT2D eigenvalue weighted by Crippen LogP contribution is 2.52. The first-order chi connectivity index (χ1) is 20.6. The molecular weight excluding hydrogens is 508 g/mol. The van der Waals surface area contributed by atoms with Crippen LogP contribution < -0.4 is 0 Å². The van der Waals surface area contributed by atoms with Crippen molar-refractivity contribution in [3.8, 4) is 5.69 Å². The lowest BCUT2D eigenvalue weighted by Crippen LogP contribution is -2.31. The predicted molar refractivity (Wildman–Crippen MR) is 176 cm³/mol. The quantitative estimate of drug-likeness (QED) is 0.242. The number of para-hydroxylation sites is 2. The Morgan fingerprint density at radius 1 is 0.667 bits per heavy atom. The SMILES string of the molecule is CC1=NC2C(=CC3=C4C2=CC=C2C=CC(c5ccc(-n6c7ccccc7c7ccccc76)cc5)=C(C=C3)C24)C(C)=C1C. The molecule has 2 heterocycles. The molecule has 5 aliphatic rings. The van der Waals surface area contributed by atoms with Crippen molar-refractivity contribution in [3.63, 3.8) is 0 Å². The van der Waals surface area contributed by atoms with E-state index in [0.29, 0.717) is 0 Å². The summed E-state index contributed by atoms with van der Waals surface area (Å²) in [5.41, 5.74) is 18.3. The summed E-state index contributed by atoms with van der Waals surface area (Å²) < 4.78 is 2.39. The van der Waals surface area contributed by atoms with Crippen LogP contribution in [-0.2, 0) is 0 Å². The summed E-state index contributed by atoms with van der Waals surface area (Å²) in [5, 5.41) is 2.58. The van der Waals surface area contributed by atoms with E-state index < -0.39 is 0 Å². The first kappa shape index (κ1) is 23.7. The van der Waals surface area contributed by atoms with Gasteiger partial charge in [0.05, 0.1) is 11.0 Å². The van der Waals surface area contributed by atoms with Crippen molar-refractivity contribution in [2.75, 3.05) is 0 Å². The van der Waals surface area contributed by atoms with Gasteiger partial charge in [0.15, 0.2) is 0 Å². The zero-order chi connectivity index (χ0) is 28.1. The Kier molecular flexibility index (Phi) is 4.82. The summed E-state index contributed by atoms with van der Waals surface area (Å²) in [6, 6.07) is 26.6. The molecule has 3 aromatic carbocycles. The fourth-order valence-corrected chi connectivity index (χ4v) is 7.67. The maximum Gasteiger partial charge on any atom is 0.101 e. The van der Waals surface area contributed by atoms with Crippen molar-refractivity contribution < 1.29 is 0 Å². The smallest absolute Gasteiger partial charge is 0.101 e. The number of fused-ring (bicyclic) bond motifs is 5. The molecule has 0 radical (unpaired) electrons. The summed E-state index contributed by atoms with van der Waals surface area (Å²) in [4.78, 5) is 5.19. The minimum atomic E-state index is 0.0952. The van der Waals surface area contributed by atoms with Crippen LogP contribution in [0.15, 0.2) is 165 Å². The summed E-state index contributed by atoms with van der Waals surface area (Å²) in [5.74, 6) is 0.252. The summed E-state index contributed by atoms with van der Waals surface area (Å²) in [6.45, 7) is 6.61. The van der Waals surface area contributed by atoms with Gasteiger partial charge in [0.2, 0.25) is 0 Å². The number of benzene rings is 3. The van der Waals surface area contributed by atoms with Crippen molar-refractivity contribution in [3.05, 3.63) is 165 Å². The Bertz CT molecular complexity index is 2140. The topological polar surface area (TPSA) is 17.3 Å². The lowest BCUT2D eigenvalue weighted by Gasteiger charge is -2.41. The van der Waals surface area contributed by atoms with Gasteiger partial charge in [-0.05, 0) is 107 Å². The van der Waals surface area contributed by atoms with Crippen LogP contribution in [-0.4, -0.2) is 16.3 Å². The molecule has 2 nitrogen and oxygen atoms in total. The van der Waals surface area contributed by atoms with Crippen LogP contribution in [0.2, 0.25) is 0 Å². The second-order valence-electron chi connectivity index (χ2n) is 12.0. The highest BCUT2D eigenvalue weighted by atomic mass is 15.0. The van der Waals surface area contributed by atoms with Crippen LogP contribution >= 0.6 is 0 Å². The molecule has 2 unspecified atom stereocenters. The third-order valence-corrected chi connectivity index (χ3v) is 9.98. The standard InChI is InChI=1S/C40H30N2/c1-23-24(2)35-22-28-16-20-33-30(19-14-27-15-21-34(39(28)38(27)33)40(35)41-25(23)3)26-12-17-29(18-13-26)42-36-10-6-4-8-31(36)32-9-5-7-11-37(32)42/h4-22,38,40H,1-3H3. The molecule has 2 heteroatoms. The number of hydrogen-bond donors (Lipinski definition) is 0. The maximum atomic E-state index is 5.19. The summed E-state index contributed by atoms with van der Waals surface area (Å²) in [6.07, 6.45) is 16.4. The van der Waals surface area contributed by atoms with Crippen molar-refractivity contribution in [2.24, 2.45) is 10.9 Å². The number of nitrogens with zero attached hydrogens (tertiary/aromatic N) is 2. The zero-order valence-electron chi connectivity index (χ0n) is 24.0. The average molecular weight is 539 g/mol. The van der Waals surface area contributed by atoms with E-state index in [-0.39, 0.29) is 12.0 Å². The molecule has 1 aliphatic heterocycles. The number of dihydropyridines is 1. The Morgan fingerprint density at radius 2 is 1.38 bits per heavy atom. The molecular formula is C40H30N2. The van der Waals surface area contributed by atoms with E-state index in [0.717, 1.165) is 5.71 Å². The largest absolute Gasteiger partial charge is 0.309 e. The van der Waals surface area contributed by atoms with E-state index in [1.807, 2.05) is 0 Å². The molecule has 0 spiro atoms. The number of hydrogen-bond acceptors (Lipinski definition) is 1. The van der Waals surface area contributed by atoms with E-state index in [2.05, 4.69) is 141 Å². The highest BCUT2D eigenvalue weighted by Gasteiger charge is 2.40. The second kappa shape index (κ2) is 8.53. The van der Waals surface area contributed by atoms with E-state index >= 15 is 0 Å². The minimum Gasteiger partial charge on any atom is -0.309 e. The van der Waals surface area contributed by atoms with Gasteiger partial charge in [-0.3, -0.25) is 4.99 Å². The molecule has 0 amide bonds. The highest BCUT2D eigenvalue weighted by molar-refractivity contribution is 6.09. The van der Waals surface area contributed by atoms with Gasteiger partial charge in [-0.25, -0.2) is 0 Å². The number of aliphatic imine (C=N–C) groups is 1. The molecule has 42 heavy (non-hydrogen) atoms. The lowest BCUT2D eigenvalue weighted by molar-refractivity contribution is 0.775. The molecule has 0 saturated heterocycles. The molecule has 4 aromatic rings. The van der Waals surface area contributed by atoms with Gasteiger partial charge >= 0.3 is 0 Å². The van der Waals surface area contributed by atoms with Crippen LogP contribution in [0.25, 0.3) is 33.1 Å². The van der Waals surface area contributed by atoms with Gasteiger partial charge in [0, 0.05) is 28.1 Å². The van der Waals surface area contributed by atoms with E-state index in [9.17, 15) is 0 Å². The van der Waals surface area contributed by atoms with Crippen LogP contribution in [0.5, 0.6) is 0 Å². The van der Waals surface area contributed by atoms with Crippen molar-refractivity contribution in [2.45, 2.75) is 26.8 Å². The Labute approximate surface area is 246 Å². The first-order valence-corrected chi connectivity index (χ1v) is 14.9. The van der Waals surface area contributed by atoms with Gasteiger partial charge < -0.3 is 4.57 Å². The van der Waals surface area contributed by atoms with Crippen LogP contribution in [0.1, 0.15) is 26.3 Å². The fourth-order valence-electron chi connectivity index (χ4n) is 7.67. The minimum absolute atomic E-state index is 0.0952. The third kappa shape index (κ3) is 3.12. The van der Waals surface area contributed by atoms with Crippen LogP contribution in [0.3, 0.4) is 0 Å². The monoisotopic (exact) mass is 538 g/mol. The molecule has 0 fully saturated rings. The normalized spacial score (nSPS) is 22.3. The number of rotatable bonds is 2.